The summed E-state index contributed by atoms with van der Waals surface area (Å²) in [6.45, 7) is 0.489. The standard InChI is InChI=1S/C13H17N3O2/c1-16-13(14-10-15-16)9-11(17)7-8-18-12-5-3-2-4-6-12/h2-6,10-11,17H,7-9H2,1H3. The molecule has 0 radical (unpaired) electrons. The quantitative estimate of drug-likeness (QED) is 0.833. The van der Waals surface area contributed by atoms with Gasteiger partial charge < -0.3 is 9.84 Å². The Morgan fingerprint density at radius 1 is 1.33 bits per heavy atom. The molecule has 0 saturated carbocycles. The van der Waals surface area contributed by atoms with Crippen LogP contribution in [-0.4, -0.2) is 32.6 Å². The summed E-state index contributed by atoms with van der Waals surface area (Å²) in [7, 11) is 1.82. The van der Waals surface area contributed by atoms with E-state index in [1.807, 2.05) is 37.4 Å². The highest BCUT2D eigenvalue weighted by Crippen LogP contribution is 2.09. The number of hydrogen-bond acceptors (Lipinski definition) is 4. The Labute approximate surface area is 106 Å². The molecule has 18 heavy (non-hydrogen) atoms. The third kappa shape index (κ3) is 3.56. The van der Waals surface area contributed by atoms with Gasteiger partial charge in [0.15, 0.2) is 0 Å². The van der Waals surface area contributed by atoms with Crippen LogP contribution in [0.4, 0.5) is 0 Å². The second-order valence-electron chi connectivity index (χ2n) is 4.11. The lowest BCUT2D eigenvalue weighted by Gasteiger charge is -2.11. The van der Waals surface area contributed by atoms with Crippen LogP contribution in [0.25, 0.3) is 0 Å². The predicted octanol–water partition coefficient (Wildman–Crippen LogP) is 1.19. The summed E-state index contributed by atoms with van der Waals surface area (Å²) in [4.78, 5) is 4.07. The summed E-state index contributed by atoms with van der Waals surface area (Å²) >= 11 is 0. The lowest BCUT2D eigenvalue weighted by molar-refractivity contribution is 0.136. The number of aliphatic hydroxyl groups is 1. The summed E-state index contributed by atoms with van der Waals surface area (Å²) in [5, 5.41) is 13.8. The van der Waals surface area contributed by atoms with Gasteiger partial charge in [-0.15, -0.1) is 0 Å². The van der Waals surface area contributed by atoms with Crippen LogP contribution in [0.1, 0.15) is 12.2 Å². The highest BCUT2D eigenvalue weighted by Gasteiger charge is 2.09. The number of nitrogens with zero attached hydrogens (tertiary/aromatic N) is 3. The summed E-state index contributed by atoms with van der Waals surface area (Å²) in [5.41, 5.74) is 0. The summed E-state index contributed by atoms with van der Waals surface area (Å²) in [6, 6.07) is 9.58. The molecule has 0 fully saturated rings. The maximum Gasteiger partial charge on any atom is 0.138 e. The molecule has 1 aromatic heterocycles. The Hall–Kier alpha value is -1.88. The maximum atomic E-state index is 9.86. The number of benzene rings is 1. The molecule has 1 heterocycles. The number of aryl methyl sites for hydroxylation is 1. The first kappa shape index (κ1) is 12.6. The van der Waals surface area contributed by atoms with E-state index in [1.165, 1.54) is 6.33 Å². The largest absolute Gasteiger partial charge is 0.493 e. The van der Waals surface area contributed by atoms with E-state index < -0.39 is 6.10 Å². The Kier molecular flexibility index (Phi) is 4.30. The molecular formula is C13H17N3O2. The molecule has 96 valence electrons. The van der Waals surface area contributed by atoms with E-state index in [0.29, 0.717) is 19.4 Å². The minimum Gasteiger partial charge on any atom is -0.493 e. The first-order valence-electron chi connectivity index (χ1n) is 5.94. The molecule has 2 rings (SSSR count). The number of hydrogen-bond donors (Lipinski definition) is 1. The number of aromatic nitrogens is 3. The summed E-state index contributed by atoms with van der Waals surface area (Å²) in [5.74, 6) is 1.60. The summed E-state index contributed by atoms with van der Waals surface area (Å²) < 4.78 is 7.19. The molecular weight excluding hydrogens is 230 g/mol. The van der Waals surface area contributed by atoms with Gasteiger partial charge in [0, 0.05) is 19.9 Å². The van der Waals surface area contributed by atoms with Gasteiger partial charge in [0.25, 0.3) is 0 Å². The molecule has 5 heteroatoms. The Morgan fingerprint density at radius 3 is 2.78 bits per heavy atom. The smallest absolute Gasteiger partial charge is 0.138 e. The maximum absolute atomic E-state index is 9.86. The van der Waals surface area contributed by atoms with E-state index >= 15 is 0 Å². The Morgan fingerprint density at radius 2 is 2.11 bits per heavy atom. The van der Waals surface area contributed by atoms with Crippen LogP contribution in [0.5, 0.6) is 5.75 Å². The molecule has 0 aliphatic carbocycles. The fourth-order valence-corrected chi connectivity index (χ4v) is 1.65. The van der Waals surface area contributed by atoms with Crippen molar-refractivity contribution >= 4 is 0 Å². The first-order valence-corrected chi connectivity index (χ1v) is 5.94. The normalized spacial score (nSPS) is 12.3. The van der Waals surface area contributed by atoms with Gasteiger partial charge in [-0.3, -0.25) is 4.68 Å². The molecule has 2 aromatic rings. The Balaban J connectivity index is 1.72. The fraction of sp³-hybridized carbons (Fsp3) is 0.385. The van der Waals surface area contributed by atoms with Crippen LogP contribution in [0.15, 0.2) is 36.7 Å². The van der Waals surface area contributed by atoms with E-state index in [9.17, 15) is 5.11 Å². The molecule has 0 saturated heterocycles. The molecule has 0 aliphatic rings. The van der Waals surface area contributed by atoms with E-state index in [1.54, 1.807) is 4.68 Å². The zero-order valence-corrected chi connectivity index (χ0v) is 10.4. The minimum absolute atomic E-state index is 0.461. The van der Waals surface area contributed by atoms with Gasteiger partial charge in [0.05, 0.1) is 12.7 Å². The van der Waals surface area contributed by atoms with Gasteiger partial charge in [0.2, 0.25) is 0 Å². The molecule has 5 nitrogen and oxygen atoms in total. The molecule has 0 amide bonds. The number of para-hydroxylation sites is 1. The zero-order chi connectivity index (χ0) is 12.8. The topological polar surface area (TPSA) is 60.2 Å². The second-order valence-corrected chi connectivity index (χ2v) is 4.11. The molecule has 0 bridgehead atoms. The van der Waals surface area contributed by atoms with Crippen LogP contribution >= 0.6 is 0 Å². The zero-order valence-electron chi connectivity index (χ0n) is 10.4. The third-order valence-electron chi connectivity index (χ3n) is 2.69. The van der Waals surface area contributed by atoms with Crippen LogP contribution in [-0.2, 0) is 13.5 Å². The monoisotopic (exact) mass is 247 g/mol. The van der Waals surface area contributed by atoms with Crippen LogP contribution in [0.2, 0.25) is 0 Å². The van der Waals surface area contributed by atoms with Crippen molar-refractivity contribution in [3.05, 3.63) is 42.5 Å². The highest BCUT2D eigenvalue weighted by atomic mass is 16.5. The average Bonchev–Trinajstić information content (AvgIpc) is 2.76. The molecule has 0 aliphatic heterocycles. The molecule has 1 N–H and O–H groups in total. The fourth-order valence-electron chi connectivity index (χ4n) is 1.65. The lowest BCUT2D eigenvalue weighted by atomic mass is 10.2. The van der Waals surface area contributed by atoms with Gasteiger partial charge in [-0.1, -0.05) is 18.2 Å². The van der Waals surface area contributed by atoms with Crippen LogP contribution < -0.4 is 4.74 Å². The SMILES string of the molecule is Cn1ncnc1CC(O)CCOc1ccccc1. The lowest BCUT2D eigenvalue weighted by Crippen LogP contribution is -2.17. The van der Waals surface area contributed by atoms with Gasteiger partial charge in [-0.05, 0) is 12.1 Å². The van der Waals surface area contributed by atoms with E-state index in [2.05, 4.69) is 10.1 Å². The minimum atomic E-state index is -0.461. The van der Waals surface area contributed by atoms with E-state index in [4.69, 9.17) is 4.74 Å². The van der Waals surface area contributed by atoms with Crippen LogP contribution in [0.3, 0.4) is 0 Å². The molecule has 1 aromatic carbocycles. The van der Waals surface area contributed by atoms with Crippen molar-refractivity contribution in [1.29, 1.82) is 0 Å². The van der Waals surface area contributed by atoms with Gasteiger partial charge in [0.1, 0.15) is 17.9 Å². The highest BCUT2D eigenvalue weighted by molar-refractivity contribution is 5.20. The predicted molar refractivity (Wildman–Crippen MR) is 67.3 cm³/mol. The van der Waals surface area contributed by atoms with Crippen LogP contribution in [0, 0.1) is 0 Å². The summed E-state index contributed by atoms with van der Waals surface area (Å²) in [6.07, 6.45) is 2.09. The van der Waals surface area contributed by atoms with Crippen molar-refractivity contribution in [3.63, 3.8) is 0 Å². The van der Waals surface area contributed by atoms with Crippen molar-refractivity contribution in [2.45, 2.75) is 18.9 Å². The van der Waals surface area contributed by atoms with Gasteiger partial charge in [-0.2, -0.15) is 5.10 Å². The van der Waals surface area contributed by atoms with Gasteiger partial charge >= 0.3 is 0 Å². The Bertz CT molecular complexity index is 470. The third-order valence-corrected chi connectivity index (χ3v) is 2.69. The number of rotatable bonds is 6. The van der Waals surface area contributed by atoms with E-state index in [-0.39, 0.29) is 0 Å². The van der Waals surface area contributed by atoms with Crippen molar-refractivity contribution < 1.29 is 9.84 Å². The van der Waals surface area contributed by atoms with Crippen molar-refractivity contribution in [2.75, 3.05) is 6.61 Å². The molecule has 1 atom stereocenters. The van der Waals surface area contributed by atoms with Crippen molar-refractivity contribution in [3.8, 4) is 5.75 Å². The van der Waals surface area contributed by atoms with E-state index in [0.717, 1.165) is 11.6 Å². The number of aliphatic hydroxyl groups excluding tert-OH is 1. The first-order chi connectivity index (χ1) is 8.75. The molecule has 1 unspecified atom stereocenters. The van der Waals surface area contributed by atoms with Crippen molar-refractivity contribution in [2.24, 2.45) is 7.05 Å². The van der Waals surface area contributed by atoms with Gasteiger partial charge in [-0.25, -0.2) is 4.98 Å². The van der Waals surface area contributed by atoms with Crippen molar-refractivity contribution in [1.82, 2.24) is 14.8 Å². The molecule has 0 spiro atoms. The number of ether oxygens (including phenoxy) is 1. The average molecular weight is 247 g/mol. The second kappa shape index (κ2) is 6.16.